The van der Waals surface area contributed by atoms with Gasteiger partial charge in [0.1, 0.15) is 6.10 Å². The molecule has 0 aliphatic heterocycles. The summed E-state index contributed by atoms with van der Waals surface area (Å²) in [6.45, 7) is 4.94. The number of ether oxygens (including phenoxy) is 1. The molecule has 1 atom stereocenters. The Balaban J connectivity index is 2.02. The Hall–Kier alpha value is -0.520. The third kappa shape index (κ3) is 6.10. The van der Waals surface area contributed by atoms with Gasteiger partial charge in [0.05, 0.1) is 0 Å². The van der Waals surface area contributed by atoms with Crippen molar-refractivity contribution >= 4 is 29.0 Å². The van der Waals surface area contributed by atoms with Crippen molar-refractivity contribution in [2.45, 2.75) is 25.7 Å². The molecule has 1 N–H and O–H groups in total. The molecule has 0 saturated carbocycles. The molecule has 1 rings (SSSR count). The highest BCUT2D eigenvalue weighted by Gasteiger charge is 2.10. The van der Waals surface area contributed by atoms with Crippen LogP contribution in [0.5, 0.6) is 0 Å². The van der Waals surface area contributed by atoms with Crippen molar-refractivity contribution in [2.75, 3.05) is 18.9 Å². The lowest BCUT2D eigenvalue weighted by Gasteiger charge is -2.11. The van der Waals surface area contributed by atoms with Crippen molar-refractivity contribution in [3.05, 3.63) is 22.4 Å². The number of rotatable bonds is 8. The maximum absolute atomic E-state index is 11.5. The molecule has 0 unspecified atom stereocenters. The van der Waals surface area contributed by atoms with Gasteiger partial charge in [0, 0.05) is 29.5 Å². The molecular weight excluding hydrogens is 254 g/mol. The smallest absolute Gasteiger partial charge is 0.248 e. The van der Waals surface area contributed by atoms with Gasteiger partial charge in [-0.2, -0.15) is 11.8 Å². The third-order valence-electron chi connectivity index (χ3n) is 2.16. The minimum Gasteiger partial charge on any atom is -0.369 e. The molecule has 3 nitrogen and oxygen atoms in total. The maximum Gasteiger partial charge on any atom is 0.248 e. The first-order valence-electron chi connectivity index (χ1n) is 5.73. The predicted molar refractivity (Wildman–Crippen MR) is 74.6 cm³/mol. The molecule has 1 amide bonds. The first-order valence-corrected chi connectivity index (χ1v) is 7.77. The molecule has 96 valence electrons. The van der Waals surface area contributed by atoms with Crippen molar-refractivity contribution in [2.24, 2.45) is 0 Å². The normalized spacial score (nSPS) is 12.4. The Morgan fingerprint density at radius 3 is 3.12 bits per heavy atom. The summed E-state index contributed by atoms with van der Waals surface area (Å²) in [5.41, 5.74) is 0. The highest BCUT2D eigenvalue weighted by atomic mass is 32.2. The average molecular weight is 273 g/mol. The van der Waals surface area contributed by atoms with Crippen LogP contribution in [0.15, 0.2) is 17.5 Å². The van der Waals surface area contributed by atoms with Gasteiger partial charge in [-0.3, -0.25) is 4.79 Å². The van der Waals surface area contributed by atoms with Gasteiger partial charge in [0.2, 0.25) is 5.91 Å². The second-order valence-corrected chi connectivity index (χ2v) is 5.66. The van der Waals surface area contributed by atoms with E-state index >= 15 is 0 Å². The fourth-order valence-corrected chi connectivity index (χ4v) is 2.98. The largest absolute Gasteiger partial charge is 0.369 e. The van der Waals surface area contributed by atoms with Crippen molar-refractivity contribution in [3.8, 4) is 0 Å². The first kappa shape index (κ1) is 14.5. The summed E-state index contributed by atoms with van der Waals surface area (Å²) in [5.74, 6) is 1.93. The Bertz CT molecular complexity index is 314. The van der Waals surface area contributed by atoms with E-state index in [0.717, 1.165) is 11.5 Å². The van der Waals surface area contributed by atoms with Crippen molar-refractivity contribution < 1.29 is 9.53 Å². The van der Waals surface area contributed by atoms with Crippen LogP contribution in [0.1, 0.15) is 18.7 Å². The number of hydrogen-bond donors (Lipinski definition) is 1. The molecule has 0 radical (unpaired) electrons. The summed E-state index contributed by atoms with van der Waals surface area (Å²) in [6, 6.07) is 4.19. The highest BCUT2D eigenvalue weighted by molar-refractivity contribution is 7.98. The predicted octanol–water partition coefficient (Wildman–Crippen LogP) is 2.52. The summed E-state index contributed by atoms with van der Waals surface area (Å²) in [4.78, 5) is 12.9. The highest BCUT2D eigenvalue weighted by Crippen LogP contribution is 2.16. The zero-order valence-corrected chi connectivity index (χ0v) is 11.9. The Morgan fingerprint density at radius 1 is 1.65 bits per heavy atom. The number of amides is 1. The number of thioether (sulfide) groups is 1. The summed E-state index contributed by atoms with van der Waals surface area (Å²) in [7, 11) is 0. The minimum atomic E-state index is -0.345. The van der Waals surface area contributed by atoms with Crippen LogP contribution in [0.3, 0.4) is 0 Å². The van der Waals surface area contributed by atoms with E-state index in [2.05, 4.69) is 22.8 Å². The van der Waals surface area contributed by atoms with Crippen LogP contribution in [0.2, 0.25) is 0 Å². The summed E-state index contributed by atoms with van der Waals surface area (Å²) < 4.78 is 5.20. The van der Waals surface area contributed by atoms with E-state index in [4.69, 9.17) is 4.74 Å². The van der Waals surface area contributed by atoms with E-state index in [1.54, 1.807) is 18.3 Å². The molecule has 0 bridgehead atoms. The van der Waals surface area contributed by atoms with Crippen LogP contribution in [-0.2, 0) is 15.3 Å². The molecule has 1 heterocycles. The molecule has 0 saturated heterocycles. The molecule has 0 fully saturated rings. The fraction of sp³-hybridized carbons (Fsp3) is 0.583. The number of carbonyl (C=O) groups is 1. The zero-order valence-electron chi connectivity index (χ0n) is 10.3. The van der Waals surface area contributed by atoms with E-state index in [9.17, 15) is 4.79 Å². The third-order valence-corrected chi connectivity index (χ3v) is 4.22. The maximum atomic E-state index is 11.5. The SMILES string of the molecule is CCO[C@H](C)C(=O)NCCSCc1cccs1. The lowest BCUT2D eigenvalue weighted by atomic mass is 10.4. The quantitative estimate of drug-likeness (QED) is 0.740. The molecule has 5 heteroatoms. The van der Waals surface area contributed by atoms with Crippen LogP contribution < -0.4 is 5.32 Å². The Labute approximate surface area is 111 Å². The van der Waals surface area contributed by atoms with Gasteiger partial charge in [-0.15, -0.1) is 11.3 Å². The van der Waals surface area contributed by atoms with E-state index in [1.807, 2.05) is 18.7 Å². The lowest BCUT2D eigenvalue weighted by Crippen LogP contribution is -2.35. The van der Waals surface area contributed by atoms with E-state index < -0.39 is 0 Å². The number of thiophene rings is 1. The molecular formula is C12H19NO2S2. The number of hydrogen-bond acceptors (Lipinski definition) is 4. The second-order valence-electron chi connectivity index (χ2n) is 3.52. The lowest BCUT2D eigenvalue weighted by molar-refractivity contribution is -0.131. The van der Waals surface area contributed by atoms with E-state index in [0.29, 0.717) is 13.2 Å². The van der Waals surface area contributed by atoms with Crippen molar-refractivity contribution in [1.29, 1.82) is 0 Å². The molecule has 1 aromatic rings. The fourth-order valence-electron chi connectivity index (χ4n) is 1.28. The zero-order chi connectivity index (χ0) is 12.5. The van der Waals surface area contributed by atoms with Crippen LogP contribution in [0, 0.1) is 0 Å². The topological polar surface area (TPSA) is 38.3 Å². The van der Waals surface area contributed by atoms with Crippen LogP contribution >= 0.6 is 23.1 Å². The minimum absolute atomic E-state index is 0.0245. The van der Waals surface area contributed by atoms with E-state index in [-0.39, 0.29) is 12.0 Å². The number of nitrogens with one attached hydrogen (secondary N) is 1. The Morgan fingerprint density at radius 2 is 2.47 bits per heavy atom. The average Bonchev–Trinajstić information content (AvgIpc) is 2.81. The van der Waals surface area contributed by atoms with Crippen molar-refractivity contribution in [1.82, 2.24) is 5.32 Å². The monoisotopic (exact) mass is 273 g/mol. The molecule has 0 aliphatic carbocycles. The standard InChI is InChI=1S/C12H19NO2S2/c1-3-15-10(2)12(14)13-6-8-16-9-11-5-4-7-17-11/h4-5,7,10H,3,6,8-9H2,1-2H3,(H,13,14)/t10-/m1/s1. The second kappa shape index (κ2) is 8.55. The van der Waals surface area contributed by atoms with Crippen LogP contribution in [0.4, 0.5) is 0 Å². The molecule has 0 aliphatic rings. The summed E-state index contributed by atoms with van der Waals surface area (Å²) in [5, 5.41) is 4.95. The van der Waals surface area contributed by atoms with Crippen molar-refractivity contribution in [3.63, 3.8) is 0 Å². The van der Waals surface area contributed by atoms with Gasteiger partial charge >= 0.3 is 0 Å². The van der Waals surface area contributed by atoms with Gasteiger partial charge in [-0.25, -0.2) is 0 Å². The van der Waals surface area contributed by atoms with Gasteiger partial charge in [0.25, 0.3) is 0 Å². The first-order chi connectivity index (χ1) is 8.24. The van der Waals surface area contributed by atoms with Gasteiger partial charge < -0.3 is 10.1 Å². The molecule has 1 aromatic heterocycles. The van der Waals surface area contributed by atoms with Gasteiger partial charge in [-0.05, 0) is 25.3 Å². The van der Waals surface area contributed by atoms with E-state index in [1.165, 1.54) is 4.88 Å². The van der Waals surface area contributed by atoms with Crippen LogP contribution in [-0.4, -0.2) is 30.9 Å². The summed E-state index contributed by atoms with van der Waals surface area (Å²) in [6.07, 6.45) is -0.345. The molecule has 0 aromatic carbocycles. The number of carbonyl (C=O) groups excluding carboxylic acids is 1. The Kier molecular flexibility index (Phi) is 7.32. The summed E-state index contributed by atoms with van der Waals surface area (Å²) >= 11 is 3.60. The van der Waals surface area contributed by atoms with Gasteiger partial charge in [0.15, 0.2) is 0 Å². The van der Waals surface area contributed by atoms with Gasteiger partial charge in [-0.1, -0.05) is 6.07 Å². The van der Waals surface area contributed by atoms with Crippen LogP contribution in [0.25, 0.3) is 0 Å². The molecule has 0 spiro atoms. The molecule has 17 heavy (non-hydrogen) atoms.